The van der Waals surface area contributed by atoms with Gasteiger partial charge in [-0.25, -0.2) is 4.79 Å². The molecule has 0 spiro atoms. The summed E-state index contributed by atoms with van der Waals surface area (Å²) in [6, 6.07) is 0. The van der Waals surface area contributed by atoms with Gasteiger partial charge in [0.2, 0.25) is 5.91 Å². The molecule has 1 rings (SSSR count). The van der Waals surface area contributed by atoms with Crippen LogP contribution in [0.15, 0.2) is 0 Å². The maximum Gasteiger partial charge on any atom is 1.00 e. The number of imide groups is 1. The molecule has 0 aromatic carbocycles. The standard InChI is InChI=1S/C5H7NO3.C3H6O3.Na/c7-4-2-1-3-6(4)5(8)9;1-2(4)3(5)6;/h1-3H2,(H,8,9);2,4H,1H3,(H,5,6);/q;;+1/p-1. The molecule has 0 saturated carbocycles. The number of carbonyl (C=O) groups excluding carboxylic acids is 2. The number of amides is 2. The zero-order valence-corrected chi connectivity index (χ0v) is 11.2. The summed E-state index contributed by atoms with van der Waals surface area (Å²) < 4.78 is 0. The fourth-order valence-corrected chi connectivity index (χ4v) is 0.841. The molecule has 8 heteroatoms. The molecule has 1 aliphatic heterocycles. The van der Waals surface area contributed by atoms with Crippen LogP contribution in [0.4, 0.5) is 4.79 Å². The fraction of sp³-hybridized carbons (Fsp3) is 0.625. The van der Waals surface area contributed by atoms with Crippen molar-refractivity contribution in [1.29, 1.82) is 0 Å². The number of aliphatic carboxylic acids is 1. The Kier molecular flexibility index (Phi) is 9.45. The number of aliphatic hydroxyl groups is 1. The topological polar surface area (TPSA) is 118 Å². The van der Waals surface area contributed by atoms with Crippen LogP contribution in [0.5, 0.6) is 0 Å². The summed E-state index contributed by atoms with van der Waals surface area (Å²) >= 11 is 0. The number of aliphatic hydroxyl groups excluding tert-OH is 1. The third-order valence-corrected chi connectivity index (χ3v) is 1.65. The van der Waals surface area contributed by atoms with E-state index in [4.69, 9.17) is 10.2 Å². The van der Waals surface area contributed by atoms with Crippen LogP contribution in [0.3, 0.4) is 0 Å². The van der Waals surface area contributed by atoms with Gasteiger partial charge in [0.25, 0.3) is 0 Å². The van der Waals surface area contributed by atoms with E-state index in [1.54, 1.807) is 0 Å². The molecule has 1 unspecified atom stereocenters. The Labute approximate surface area is 114 Å². The largest absolute Gasteiger partial charge is 1.00 e. The molecule has 0 aromatic heterocycles. The van der Waals surface area contributed by atoms with Crippen molar-refractivity contribution in [1.82, 2.24) is 4.90 Å². The summed E-state index contributed by atoms with van der Waals surface area (Å²) in [7, 11) is 0. The summed E-state index contributed by atoms with van der Waals surface area (Å²) in [4.78, 5) is 30.7. The quantitative estimate of drug-likeness (QED) is 0.446. The molecule has 1 saturated heterocycles. The van der Waals surface area contributed by atoms with Crippen molar-refractivity contribution in [3.8, 4) is 0 Å². The Balaban J connectivity index is 0. The van der Waals surface area contributed by atoms with Crippen molar-refractivity contribution in [2.45, 2.75) is 25.9 Å². The Morgan fingerprint density at radius 1 is 1.50 bits per heavy atom. The van der Waals surface area contributed by atoms with E-state index < -0.39 is 18.2 Å². The molecule has 7 nitrogen and oxygen atoms in total. The number of carbonyl (C=O) groups is 3. The van der Waals surface area contributed by atoms with Gasteiger partial charge in [0.1, 0.15) is 12.2 Å². The molecule has 16 heavy (non-hydrogen) atoms. The predicted octanol–water partition coefficient (Wildman–Crippen LogP) is -4.59. The van der Waals surface area contributed by atoms with Crippen LogP contribution < -0.4 is 34.7 Å². The summed E-state index contributed by atoms with van der Waals surface area (Å²) in [5.41, 5.74) is 0. The van der Waals surface area contributed by atoms with Crippen LogP contribution in [-0.4, -0.2) is 45.7 Å². The minimum Gasteiger partial charge on any atom is -0.530 e. The van der Waals surface area contributed by atoms with Gasteiger partial charge >= 0.3 is 35.5 Å². The molecule has 86 valence electrons. The molecular formula is C8H12NNaO6. The van der Waals surface area contributed by atoms with Gasteiger partial charge in [0.05, 0.1) is 0 Å². The van der Waals surface area contributed by atoms with Crippen LogP contribution in [0.2, 0.25) is 0 Å². The average molecular weight is 241 g/mol. The van der Waals surface area contributed by atoms with E-state index in [0.717, 1.165) is 4.90 Å². The van der Waals surface area contributed by atoms with E-state index in [1.165, 1.54) is 6.92 Å². The van der Waals surface area contributed by atoms with E-state index in [0.29, 0.717) is 19.4 Å². The van der Waals surface area contributed by atoms with Crippen LogP contribution in [0.1, 0.15) is 19.8 Å². The summed E-state index contributed by atoms with van der Waals surface area (Å²) in [6.45, 7) is 1.50. The monoisotopic (exact) mass is 241 g/mol. The van der Waals surface area contributed by atoms with Gasteiger partial charge in [-0.15, -0.1) is 0 Å². The zero-order chi connectivity index (χ0) is 12.0. The zero-order valence-electron chi connectivity index (χ0n) is 9.17. The Hall–Kier alpha value is -0.630. The molecule has 0 radical (unpaired) electrons. The van der Waals surface area contributed by atoms with E-state index in [9.17, 15) is 19.5 Å². The number of hydrogen-bond donors (Lipinski definition) is 2. The second kappa shape index (κ2) is 8.51. The van der Waals surface area contributed by atoms with Gasteiger partial charge in [-0.05, 0) is 13.3 Å². The minimum atomic E-state index is -1.38. The Morgan fingerprint density at radius 2 is 1.94 bits per heavy atom. The van der Waals surface area contributed by atoms with Gasteiger partial charge < -0.3 is 20.1 Å². The van der Waals surface area contributed by atoms with Crippen molar-refractivity contribution in [2.24, 2.45) is 0 Å². The number of carboxylic acids is 1. The van der Waals surface area contributed by atoms with E-state index >= 15 is 0 Å². The molecule has 1 fully saturated rings. The number of nitrogens with zero attached hydrogens (tertiary/aromatic N) is 1. The number of rotatable bonds is 1. The van der Waals surface area contributed by atoms with Crippen LogP contribution in [0, 0.1) is 0 Å². The van der Waals surface area contributed by atoms with Crippen LogP contribution in [0.25, 0.3) is 0 Å². The van der Waals surface area contributed by atoms with E-state index in [1.807, 2.05) is 0 Å². The number of likely N-dealkylation sites (tertiary alicyclic amines) is 1. The first-order chi connectivity index (χ1) is 6.86. The van der Waals surface area contributed by atoms with Crippen LogP contribution >= 0.6 is 0 Å². The van der Waals surface area contributed by atoms with Gasteiger partial charge in [-0.1, -0.05) is 0 Å². The molecular weight excluding hydrogens is 229 g/mol. The normalized spacial score (nSPS) is 15.6. The maximum absolute atomic E-state index is 10.5. The first kappa shape index (κ1) is 17.8. The van der Waals surface area contributed by atoms with Crippen molar-refractivity contribution in [2.75, 3.05) is 6.54 Å². The fourth-order valence-electron chi connectivity index (χ4n) is 0.841. The second-order valence-electron chi connectivity index (χ2n) is 2.93. The molecule has 1 heterocycles. The first-order valence-corrected chi connectivity index (χ1v) is 4.28. The average Bonchev–Trinajstić information content (AvgIpc) is 2.52. The van der Waals surface area contributed by atoms with Gasteiger partial charge in [-0.2, -0.15) is 0 Å². The van der Waals surface area contributed by atoms with Gasteiger partial charge in [-0.3, -0.25) is 9.69 Å². The number of hydrogen-bond acceptors (Lipinski definition) is 5. The van der Waals surface area contributed by atoms with Crippen molar-refractivity contribution in [3.05, 3.63) is 0 Å². The smallest absolute Gasteiger partial charge is 0.530 e. The van der Waals surface area contributed by atoms with Gasteiger partial charge in [0.15, 0.2) is 0 Å². The summed E-state index contributed by atoms with van der Waals surface area (Å²) in [5, 5.41) is 25.8. The molecule has 2 amide bonds. The summed E-state index contributed by atoms with van der Waals surface area (Å²) in [5.74, 6) is -1.52. The van der Waals surface area contributed by atoms with E-state index in [2.05, 4.69) is 0 Å². The molecule has 0 bridgehead atoms. The number of carboxylic acid groups (broad SMARTS) is 2. The predicted molar refractivity (Wildman–Crippen MR) is 45.7 cm³/mol. The third kappa shape index (κ3) is 6.78. The first-order valence-electron chi connectivity index (χ1n) is 4.28. The Morgan fingerprint density at radius 3 is 2.06 bits per heavy atom. The molecule has 0 aliphatic carbocycles. The molecule has 1 aliphatic rings. The SMILES string of the molecule is CC(O)C(=O)O.O=C([O-])N1CCCC1=O.[Na+]. The van der Waals surface area contributed by atoms with Gasteiger partial charge in [0, 0.05) is 13.0 Å². The van der Waals surface area contributed by atoms with E-state index in [-0.39, 0.29) is 35.5 Å². The van der Waals surface area contributed by atoms with Crippen molar-refractivity contribution >= 4 is 18.0 Å². The summed E-state index contributed by atoms with van der Waals surface area (Å²) in [6.07, 6.45) is -1.64. The second-order valence-corrected chi connectivity index (χ2v) is 2.93. The van der Waals surface area contributed by atoms with Crippen molar-refractivity contribution < 1.29 is 59.3 Å². The molecule has 1 atom stereocenters. The molecule has 2 N–H and O–H groups in total. The maximum atomic E-state index is 10.5. The van der Waals surface area contributed by atoms with Crippen molar-refractivity contribution in [3.63, 3.8) is 0 Å². The molecule has 0 aromatic rings. The Bertz CT molecular complexity index is 267. The van der Waals surface area contributed by atoms with Crippen LogP contribution in [-0.2, 0) is 9.59 Å². The minimum absolute atomic E-state index is 0. The third-order valence-electron chi connectivity index (χ3n) is 1.65.